The van der Waals surface area contributed by atoms with Crippen LogP contribution in [-0.4, -0.2) is 34.6 Å². The van der Waals surface area contributed by atoms with Crippen molar-refractivity contribution in [3.63, 3.8) is 0 Å². The van der Waals surface area contributed by atoms with Crippen molar-refractivity contribution in [3.05, 3.63) is 23.4 Å². The van der Waals surface area contributed by atoms with Crippen LogP contribution in [0.25, 0.3) is 0 Å². The van der Waals surface area contributed by atoms with E-state index in [0.717, 1.165) is 12.8 Å². The zero-order valence-electron chi connectivity index (χ0n) is 11.6. The van der Waals surface area contributed by atoms with E-state index in [-0.39, 0.29) is 23.9 Å². The molecule has 0 aromatic carbocycles. The van der Waals surface area contributed by atoms with Gasteiger partial charge in [0.1, 0.15) is 5.82 Å². The average molecular weight is 277 g/mol. The molecule has 0 spiro atoms. The Labute approximate surface area is 117 Å². The van der Waals surface area contributed by atoms with Gasteiger partial charge in [0.15, 0.2) is 0 Å². The van der Waals surface area contributed by atoms with Gasteiger partial charge in [-0.05, 0) is 30.9 Å². The van der Waals surface area contributed by atoms with Crippen LogP contribution >= 0.6 is 0 Å². The second-order valence-corrected chi connectivity index (χ2v) is 5.32. The van der Waals surface area contributed by atoms with Crippen LogP contribution < -0.4 is 10.6 Å². The molecule has 3 N–H and O–H groups in total. The average Bonchev–Trinajstić information content (AvgIpc) is 3.19. The van der Waals surface area contributed by atoms with E-state index in [9.17, 15) is 9.59 Å². The lowest BCUT2D eigenvalue weighted by Crippen LogP contribution is -2.31. The summed E-state index contributed by atoms with van der Waals surface area (Å²) >= 11 is 0. The number of nitrogens with one attached hydrogen (secondary N) is 2. The minimum atomic E-state index is -1.00. The van der Waals surface area contributed by atoms with Gasteiger partial charge in [0, 0.05) is 11.7 Å². The van der Waals surface area contributed by atoms with Gasteiger partial charge in [0.25, 0.3) is 0 Å². The molecule has 0 atom stereocenters. The molecule has 1 aromatic rings. The maximum absolute atomic E-state index is 11.6. The minimum Gasteiger partial charge on any atom is -0.478 e. The molecule has 0 radical (unpaired) electrons. The Morgan fingerprint density at radius 3 is 2.65 bits per heavy atom. The Morgan fingerprint density at radius 1 is 1.40 bits per heavy atom. The van der Waals surface area contributed by atoms with Crippen molar-refractivity contribution in [2.75, 3.05) is 11.9 Å². The number of carbonyl (C=O) groups is 2. The quantitative estimate of drug-likeness (QED) is 0.734. The lowest BCUT2D eigenvalue weighted by molar-refractivity contribution is -0.119. The zero-order valence-corrected chi connectivity index (χ0v) is 11.6. The Bertz CT molecular complexity index is 524. The fourth-order valence-corrected chi connectivity index (χ4v) is 1.74. The summed E-state index contributed by atoms with van der Waals surface area (Å²) in [5, 5.41) is 14.8. The molecule has 6 nitrogen and oxygen atoms in total. The van der Waals surface area contributed by atoms with Crippen LogP contribution in [0.4, 0.5) is 5.82 Å². The molecule has 0 aliphatic heterocycles. The van der Waals surface area contributed by atoms with E-state index in [1.807, 2.05) is 13.8 Å². The van der Waals surface area contributed by atoms with Crippen LogP contribution in [0, 0.1) is 0 Å². The molecule has 1 heterocycles. The van der Waals surface area contributed by atoms with Gasteiger partial charge in [-0.2, -0.15) is 0 Å². The van der Waals surface area contributed by atoms with Crippen molar-refractivity contribution in [1.29, 1.82) is 0 Å². The number of carboxylic acids is 1. The van der Waals surface area contributed by atoms with E-state index in [1.165, 1.54) is 6.07 Å². The maximum atomic E-state index is 11.6. The van der Waals surface area contributed by atoms with Crippen LogP contribution in [0.2, 0.25) is 0 Å². The largest absolute Gasteiger partial charge is 0.478 e. The van der Waals surface area contributed by atoms with Crippen molar-refractivity contribution < 1.29 is 14.7 Å². The fourth-order valence-electron chi connectivity index (χ4n) is 1.74. The third-order valence-corrected chi connectivity index (χ3v) is 3.06. The standard InChI is InChI=1S/C14H19N3O3/c1-8(2)11-5-9(14(19)20)6-12(17-11)15-7-13(18)16-10-3-4-10/h5-6,8,10H,3-4,7H2,1-2H3,(H,15,17)(H,16,18)(H,19,20). The number of hydrogen-bond donors (Lipinski definition) is 3. The summed E-state index contributed by atoms with van der Waals surface area (Å²) in [7, 11) is 0. The Hall–Kier alpha value is -2.11. The summed E-state index contributed by atoms with van der Waals surface area (Å²) in [6.45, 7) is 3.99. The number of hydrogen-bond acceptors (Lipinski definition) is 4. The normalized spacial score (nSPS) is 14.2. The highest BCUT2D eigenvalue weighted by Gasteiger charge is 2.23. The van der Waals surface area contributed by atoms with Gasteiger partial charge in [-0.3, -0.25) is 4.79 Å². The number of rotatable bonds is 6. The molecular formula is C14H19N3O3. The Balaban J connectivity index is 2.05. The smallest absolute Gasteiger partial charge is 0.335 e. The van der Waals surface area contributed by atoms with Gasteiger partial charge >= 0.3 is 5.97 Å². The molecule has 1 aromatic heterocycles. The lowest BCUT2D eigenvalue weighted by atomic mass is 10.1. The van der Waals surface area contributed by atoms with Gasteiger partial charge < -0.3 is 15.7 Å². The van der Waals surface area contributed by atoms with E-state index in [0.29, 0.717) is 17.6 Å². The summed E-state index contributed by atoms with van der Waals surface area (Å²) in [6, 6.07) is 3.31. The molecule has 0 saturated heterocycles. The highest BCUT2D eigenvalue weighted by atomic mass is 16.4. The third kappa shape index (κ3) is 3.94. The van der Waals surface area contributed by atoms with E-state index < -0.39 is 5.97 Å². The second kappa shape index (κ2) is 5.90. The third-order valence-electron chi connectivity index (χ3n) is 3.06. The molecule has 20 heavy (non-hydrogen) atoms. The summed E-state index contributed by atoms with van der Waals surface area (Å²) in [6.07, 6.45) is 2.08. The van der Waals surface area contributed by atoms with Gasteiger partial charge in [0.2, 0.25) is 5.91 Å². The molecule has 1 aliphatic carbocycles. The number of carboxylic acid groups (broad SMARTS) is 1. The summed E-state index contributed by atoms with van der Waals surface area (Å²) < 4.78 is 0. The molecule has 1 fully saturated rings. The highest BCUT2D eigenvalue weighted by Crippen LogP contribution is 2.19. The first-order valence-electron chi connectivity index (χ1n) is 6.74. The highest BCUT2D eigenvalue weighted by molar-refractivity contribution is 5.89. The molecule has 1 saturated carbocycles. The number of carbonyl (C=O) groups excluding carboxylic acids is 1. The molecule has 1 amide bonds. The molecule has 0 unspecified atom stereocenters. The van der Waals surface area contributed by atoms with E-state index >= 15 is 0 Å². The first kappa shape index (κ1) is 14.3. The van der Waals surface area contributed by atoms with Crippen molar-refractivity contribution in [2.24, 2.45) is 0 Å². The minimum absolute atomic E-state index is 0.0962. The second-order valence-electron chi connectivity index (χ2n) is 5.32. The van der Waals surface area contributed by atoms with Gasteiger partial charge in [-0.15, -0.1) is 0 Å². The van der Waals surface area contributed by atoms with Crippen LogP contribution in [0.3, 0.4) is 0 Å². The molecular weight excluding hydrogens is 258 g/mol. The lowest BCUT2D eigenvalue weighted by Gasteiger charge is -2.11. The molecule has 108 valence electrons. The van der Waals surface area contributed by atoms with Crippen LogP contribution in [0.15, 0.2) is 12.1 Å². The summed E-state index contributed by atoms with van der Waals surface area (Å²) in [5.41, 5.74) is 0.865. The van der Waals surface area contributed by atoms with E-state index in [2.05, 4.69) is 15.6 Å². The van der Waals surface area contributed by atoms with Gasteiger partial charge in [0.05, 0.1) is 12.1 Å². The SMILES string of the molecule is CC(C)c1cc(C(=O)O)cc(NCC(=O)NC2CC2)n1. The number of pyridine rings is 1. The number of aromatic carboxylic acids is 1. The predicted molar refractivity (Wildman–Crippen MR) is 74.9 cm³/mol. The van der Waals surface area contributed by atoms with Crippen LogP contribution in [0.5, 0.6) is 0 Å². The Kier molecular flexibility index (Phi) is 4.22. The van der Waals surface area contributed by atoms with Crippen molar-refractivity contribution in [3.8, 4) is 0 Å². The Morgan fingerprint density at radius 2 is 2.10 bits per heavy atom. The monoisotopic (exact) mass is 277 g/mol. The molecule has 6 heteroatoms. The van der Waals surface area contributed by atoms with Gasteiger partial charge in [-0.25, -0.2) is 9.78 Å². The first-order valence-corrected chi connectivity index (χ1v) is 6.74. The number of nitrogens with zero attached hydrogens (tertiary/aromatic N) is 1. The van der Waals surface area contributed by atoms with E-state index in [1.54, 1.807) is 6.07 Å². The molecule has 2 rings (SSSR count). The van der Waals surface area contributed by atoms with Crippen LogP contribution in [0.1, 0.15) is 48.7 Å². The fraction of sp³-hybridized carbons (Fsp3) is 0.500. The number of amides is 1. The van der Waals surface area contributed by atoms with Crippen molar-refractivity contribution in [1.82, 2.24) is 10.3 Å². The molecule has 1 aliphatic rings. The number of aromatic nitrogens is 1. The number of anilines is 1. The zero-order chi connectivity index (χ0) is 14.7. The summed E-state index contributed by atoms with van der Waals surface area (Å²) in [4.78, 5) is 27.0. The van der Waals surface area contributed by atoms with Crippen molar-refractivity contribution in [2.45, 2.75) is 38.6 Å². The van der Waals surface area contributed by atoms with Gasteiger partial charge in [-0.1, -0.05) is 13.8 Å². The predicted octanol–water partition coefficient (Wildman–Crippen LogP) is 1.59. The molecule has 0 bridgehead atoms. The van der Waals surface area contributed by atoms with Crippen LogP contribution in [-0.2, 0) is 4.79 Å². The summed E-state index contributed by atoms with van der Waals surface area (Å²) in [5.74, 6) is -0.560. The van der Waals surface area contributed by atoms with E-state index in [4.69, 9.17) is 5.11 Å². The van der Waals surface area contributed by atoms with Crippen molar-refractivity contribution >= 4 is 17.7 Å². The first-order chi connectivity index (χ1) is 9.45. The topological polar surface area (TPSA) is 91.3 Å². The maximum Gasteiger partial charge on any atom is 0.335 e.